The lowest BCUT2D eigenvalue weighted by Crippen LogP contribution is -2.48. The fourth-order valence-electron chi connectivity index (χ4n) is 2.28. The minimum atomic E-state index is -3.95. The standard InChI is InChI=1S/C17H25N3O6S/c1-5-11(2)16(17(23)24)19-15(22)10-20(4)27(25,26)14-8-6-13(7-9-14)18-12(3)21/h6-9,11,16H,5,10H2,1-4H3,(H,18,21)(H,19,22)(H,23,24)/t11-,16-/m0/s1. The Hall–Kier alpha value is -2.46. The van der Waals surface area contributed by atoms with E-state index < -0.39 is 34.5 Å². The third kappa shape index (κ3) is 6.33. The lowest BCUT2D eigenvalue weighted by atomic mass is 9.99. The molecule has 9 nitrogen and oxygen atoms in total. The number of rotatable bonds is 9. The molecule has 0 heterocycles. The van der Waals surface area contributed by atoms with Crippen LogP contribution in [0.2, 0.25) is 0 Å². The third-order valence-electron chi connectivity index (χ3n) is 4.04. The molecular weight excluding hydrogens is 374 g/mol. The van der Waals surface area contributed by atoms with Crippen LogP contribution in [-0.4, -0.2) is 55.2 Å². The Bertz CT molecular complexity index is 791. The number of nitrogens with one attached hydrogen (secondary N) is 2. The van der Waals surface area contributed by atoms with Crippen LogP contribution >= 0.6 is 0 Å². The van der Waals surface area contributed by atoms with E-state index in [4.69, 9.17) is 0 Å². The molecule has 0 radical (unpaired) electrons. The molecule has 2 amide bonds. The normalized spacial score (nSPS) is 13.7. The fourth-order valence-corrected chi connectivity index (χ4v) is 3.41. The lowest BCUT2D eigenvalue weighted by Gasteiger charge is -2.22. The molecule has 0 aliphatic carbocycles. The summed E-state index contributed by atoms with van der Waals surface area (Å²) in [6.45, 7) is 4.31. The van der Waals surface area contributed by atoms with Gasteiger partial charge >= 0.3 is 5.97 Å². The first-order chi connectivity index (χ1) is 12.5. The summed E-state index contributed by atoms with van der Waals surface area (Å²) in [5.74, 6) is -2.45. The van der Waals surface area contributed by atoms with E-state index in [1.54, 1.807) is 13.8 Å². The van der Waals surface area contributed by atoms with Crippen molar-refractivity contribution < 1.29 is 27.9 Å². The Morgan fingerprint density at radius 1 is 1.19 bits per heavy atom. The molecule has 2 atom stereocenters. The highest BCUT2D eigenvalue weighted by atomic mass is 32.2. The summed E-state index contributed by atoms with van der Waals surface area (Å²) in [5.41, 5.74) is 0.444. The number of aliphatic carboxylic acids is 1. The highest BCUT2D eigenvalue weighted by Crippen LogP contribution is 2.17. The summed E-state index contributed by atoms with van der Waals surface area (Å²) in [5, 5.41) is 14.1. The number of hydrogen-bond donors (Lipinski definition) is 3. The van der Waals surface area contributed by atoms with Crippen molar-refractivity contribution in [3.63, 3.8) is 0 Å². The van der Waals surface area contributed by atoms with Crippen molar-refractivity contribution in [2.45, 2.75) is 38.1 Å². The quantitative estimate of drug-likeness (QED) is 0.565. The largest absolute Gasteiger partial charge is 0.480 e. The summed E-state index contributed by atoms with van der Waals surface area (Å²) in [6.07, 6.45) is 0.548. The molecule has 0 spiro atoms. The van der Waals surface area contributed by atoms with Crippen molar-refractivity contribution in [3.05, 3.63) is 24.3 Å². The lowest BCUT2D eigenvalue weighted by molar-refractivity contribution is -0.143. The zero-order valence-corrected chi connectivity index (χ0v) is 16.5. The van der Waals surface area contributed by atoms with Gasteiger partial charge in [-0.05, 0) is 30.2 Å². The number of likely N-dealkylation sites (N-methyl/N-ethyl adjacent to an activating group) is 1. The number of amides is 2. The second kappa shape index (κ2) is 9.47. The molecule has 0 saturated carbocycles. The van der Waals surface area contributed by atoms with Crippen molar-refractivity contribution in [1.82, 2.24) is 9.62 Å². The Morgan fingerprint density at radius 2 is 1.74 bits per heavy atom. The number of benzene rings is 1. The number of sulfonamides is 1. The van der Waals surface area contributed by atoms with E-state index in [1.807, 2.05) is 0 Å². The maximum atomic E-state index is 12.6. The number of carboxylic acids is 1. The van der Waals surface area contributed by atoms with Gasteiger partial charge in [-0.2, -0.15) is 4.31 Å². The molecule has 0 unspecified atom stereocenters. The van der Waals surface area contributed by atoms with Crippen LogP contribution in [0.4, 0.5) is 5.69 Å². The molecule has 1 aromatic rings. The molecule has 0 bridgehead atoms. The maximum absolute atomic E-state index is 12.6. The van der Waals surface area contributed by atoms with Crippen LogP contribution < -0.4 is 10.6 Å². The van der Waals surface area contributed by atoms with Gasteiger partial charge in [0.25, 0.3) is 0 Å². The second-order valence-corrected chi connectivity index (χ2v) is 8.28. The Balaban J connectivity index is 2.84. The summed E-state index contributed by atoms with van der Waals surface area (Å²) >= 11 is 0. The van der Waals surface area contributed by atoms with Crippen molar-refractivity contribution in [1.29, 1.82) is 0 Å². The van der Waals surface area contributed by atoms with E-state index in [1.165, 1.54) is 38.2 Å². The number of nitrogens with zero attached hydrogens (tertiary/aromatic N) is 1. The van der Waals surface area contributed by atoms with E-state index in [9.17, 15) is 27.9 Å². The van der Waals surface area contributed by atoms with Gasteiger partial charge in [0, 0.05) is 19.7 Å². The van der Waals surface area contributed by atoms with E-state index in [2.05, 4.69) is 10.6 Å². The van der Waals surface area contributed by atoms with E-state index >= 15 is 0 Å². The van der Waals surface area contributed by atoms with Crippen LogP contribution in [0, 0.1) is 5.92 Å². The molecular formula is C17H25N3O6S. The van der Waals surface area contributed by atoms with Gasteiger partial charge in [0.05, 0.1) is 11.4 Å². The minimum absolute atomic E-state index is 0.0522. The average molecular weight is 399 g/mol. The summed E-state index contributed by atoms with van der Waals surface area (Å²) < 4.78 is 25.9. The van der Waals surface area contributed by atoms with Gasteiger partial charge in [0.1, 0.15) is 6.04 Å². The SMILES string of the molecule is CC[C@H](C)[C@H](NC(=O)CN(C)S(=O)(=O)c1ccc(NC(C)=O)cc1)C(=O)O. The van der Waals surface area contributed by atoms with E-state index in [-0.39, 0.29) is 16.7 Å². The Morgan fingerprint density at radius 3 is 2.19 bits per heavy atom. The number of carboxylic acid groups (broad SMARTS) is 1. The van der Waals surface area contributed by atoms with Crippen molar-refractivity contribution in [2.75, 3.05) is 18.9 Å². The smallest absolute Gasteiger partial charge is 0.326 e. The topological polar surface area (TPSA) is 133 Å². The van der Waals surface area contributed by atoms with Crippen molar-refractivity contribution in [3.8, 4) is 0 Å². The average Bonchev–Trinajstić information content (AvgIpc) is 2.58. The van der Waals surface area contributed by atoms with Gasteiger partial charge in [0.2, 0.25) is 21.8 Å². The van der Waals surface area contributed by atoms with Gasteiger partial charge in [-0.25, -0.2) is 13.2 Å². The van der Waals surface area contributed by atoms with Gasteiger partial charge < -0.3 is 15.7 Å². The van der Waals surface area contributed by atoms with Crippen LogP contribution in [-0.2, 0) is 24.4 Å². The molecule has 0 fully saturated rings. The van der Waals surface area contributed by atoms with E-state index in [0.717, 1.165) is 4.31 Å². The van der Waals surface area contributed by atoms with E-state index in [0.29, 0.717) is 12.1 Å². The molecule has 10 heteroatoms. The number of hydrogen-bond acceptors (Lipinski definition) is 5. The number of anilines is 1. The summed E-state index contributed by atoms with van der Waals surface area (Å²) in [6, 6.07) is 4.41. The third-order valence-corrected chi connectivity index (χ3v) is 5.86. The monoisotopic (exact) mass is 399 g/mol. The van der Waals surface area contributed by atoms with Gasteiger partial charge in [0.15, 0.2) is 0 Å². The predicted molar refractivity (Wildman–Crippen MR) is 99.6 cm³/mol. The van der Waals surface area contributed by atoms with Gasteiger partial charge in [-0.3, -0.25) is 9.59 Å². The molecule has 150 valence electrons. The van der Waals surface area contributed by atoms with Gasteiger partial charge in [-0.15, -0.1) is 0 Å². The maximum Gasteiger partial charge on any atom is 0.326 e. The highest BCUT2D eigenvalue weighted by molar-refractivity contribution is 7.89. The van der Waals surface area contributed by atoms with Crippen LogP contribution in [0.25, 0.3) is 0 Å². The fraction of sp³-hybridized carbons (Fsp3) is 0.471. The van der Waals surface area contributed by atoms with Crippen LogP contribution in [0.5, 0.6) is 0 Å². The summed E-state index contributed by atoms with van der Waals surface area (Å²) in [4.78, 5) is 34.3. The molecule has 0 aliphatic heterocycles. The predicted octanol–water partition coefficient (Wildman–Crippen LogP) is 0.881. The molecule has 27 heavy (non-hydrogen) atoms. The molecule has 3 N–H and O–H groups in total. The van der Waals surface area contributed by atoms with Gasteiger partial charge in [-0.1, -0.05) is 20.3 Å². The highest BCUT2D eigenvalue weighted by Gasteiger charge is 2.28. The molecule has 1 rings (SSSR count). The number of carbonyl (C=O) groups excluding carboxylic acids is 2. The Labute approximate surface area is 158 Å². The first kappa shape index (κ1) is 22.6. The molecule has 0 aliphatic rings. The zero-order chi connectivity index (χ0) is 20.8. The van der Waals surface area contributed by atoms with Crippen LogP contribution in [0.15, 0.2) is 29.2 Å². The van der Waals surface area contributed by atoms with Crippen molar-refractivity contribution in [2.24, 2.45) is 5.92 Å². The minimum Gasteiger partial charge on any atom is -0.480 e. The number of carbonyl (C=O) groups is 3. The molecule has 0 saturated heterocycles. The first-order valence-electron chi connectivity index (χ1n) is 8.35. The van der Waals surface area contributed by atoms with Crippen LogP contribution in [0.1, 0.15) is 27.2 Å². The molecule has 0 aromatic heterocycles. The first-order valence-corrected chi connectivity index (χ1v) is 9.79. The molecule has 1 aromatic carbocycles. The zero-order valence-electron chi connectivity index (χ0n) is 15.7. The second-order valence-electron chi connectivity index (χ2n) is 6.24. The van der Waals surface area contributed by atoms with Crippen LogP contribution in [0.3, 0.4) is 0 Å². The Kier molecular flexibility index (Phi) is 7.92. The van der Waals surface area contributed by atoms with Crippen molar-refractivity contribution >= 4 is 33.5 Å². The summed E-state index contributed by atoms with van der Waals surface area (Å²) in [7, 11) is -2.72.